The lowest BCUT2D eigenvalue weighted by molar-refractivity contribution is 0.163. The van der Waals surface area contributed by atoms with Crippen molar-refractivity contribution < 1.29 is 4.74 Å². The van der Waals surface area contributed by atoms with Gasteiger partial charge in [0.25, 0.3) is 0 Å². The lowest BCUT2D eigenvalue weighted by Gasteiger charge is -2.23. The van der Waals surface area contributed by atoms with Crippen LogP contribution < -0.4 is 5.32 Å². The average molecular weight is 201 g/mol. The zero-order valence-electron chi connectivity index (χ0n) is 10.5. The maximum atomic E-state index is 5.10. The molecule has 0 aromatic heterocycles. The smallest absolute Gasteiger partial charge is 0.0464 e. The van der Waals surface area contributed by atoms with E-state index in [1.165, 1.54) is 12.8 Å². The summed E-state index contributed by atoms with van der Waals surface area (Å²) in [6.07, 6.45) is 2.44. The van der Waals surface area contributed by atoms with Crippen molar-refractivity contribution >= 4 is 0 Å². The number of rotatable bonds is 8. The summed E-state index contributed by atoms with van der Waals surface area (Å²) in [5.41, 5.74) is 0. The SMILES string of the molecule is CCNC(C)CC(C)C(C)CCOC. The molecule has 3 atom stereocenters. The lowest BCUT2D eigenvalue weighted by Crippen LogP contribution is -2.29. The Labute approximate surface area is 89.4 Å². The average Bonchev–Trinajstić information content (AvgIpc) is 2.14. The van der Waals surface area contributed by atoms with Gasteiger partial charge in [-0.2, -0.15) is 0 Å². The number of nitrogens with one attached hydrogen (secondary N) is 1. The number of ether oxygens (including phenoxy) is 1. The van der Waals surface area contributed by atoms with Gasteiger partial charge < -0.3 is 10.1 Å². The Hall–Kier alpha value is -0.0800. The molecular weight excluding hydrogens is 174 g/mol. The minimum absolute atomic E-state index is 0.639. The van der Waals surface area contributed by atoms with E-state index in [4.69, 9.17) is 4.74 Å². The molecule has 1 N–H and O–H groups in total. The van der Waals surface area contributed by atoms with Crippen LogP contribution in [0.2, 0.25) is 0 Å². The topological polar surface area (TPSA) is 21.3 Å². The van der Waals surface area contributed by atoms with E-state index in [1.54, 1.807) is 7.11 Å². The molecule has 0 aliphatic rings. The molecule has 3 unspecified atom stereocenters. The fourth-order valence-corrected chi connectivity index (χ4v) is 1.81. The summed E-state index contributed by atoms with van der Waals surface area (Å²) in [4.78, 5) is 0. The van der Waals surface area contributed by atoms with Crippen LogP contribution in [0, 0.1) is 11.8 Å². The zero-order chi connectivity index (χ0) is 11.0. The molecule has 0 bridgehead atoms. The molecule has 0 aliphatic carbocycles. The molecule has 0 aliphatic heterocycles. The molecule has 0 fully saturated rings. The van der Waals surface area contributed by atoms with Gasteiger partial charge in [-0.1, -0.05) is 20.8 Å². The second-order valence-corrected chi connectivity index (χ2v) is 4.43. The highest BCUT2D eigenvalue weighted by Crippen LogP contribution is 2.19. The van der Waals surface area contributed by atoms with Crippen molar-refractivity contribution in [3.63, 3.8) is 0 Å². The van der Waals surface area contributed by atoms with Crippen LogP contribution in [0.1, 0.15) is 40.5 Å². The summed E-state index contributed by atoms with van der Waals surface area (Å²) >= 11 is 0. The molecule has 0 radical (unpaired) electrons. The predicted molar refractivity (Wildman–Crippen MR) is 62.6 cm³/mol. The van der Waals surface area contributed by atoms with Crippen molar-refractivity contribution in [2.45, 2.75) is 46.6 Å². The Balaban J connectivity index is 3.64. The standard InChI is InChI=1S/C12H27NO/c1-6-13-12(4)9-11(3)10(2)7-8-14-5/h10-13H,6-9H2,1-5H3. The molecule has 14 heavy (non-hydrogen) atoms. The highest BCUT2D eigenvalue weighted by molar-refractivity contribution is 4.68. The Bertz CT molecular complexity index is 127. The van der Waals surface area contributed by atoms with Crippen LogP contribution in [0.15, 0.2) is 0 Å². The first-order valence-corrected chi connectivity index (χ1v) is 5.84. The third kappa shape index (κ3) is 6.39. The number of hydrogen-bond acceptors (Lipinski definition) is 2. The molecule has 0 aromatic carbocycles. The maximum absolute atomic E-state index is 5.10. The van der Waals surface area contributed by atoms with Crippen LogP contribution in [0.4, 0.5) is 0 Å². The summed E-state index contributed by atoms with van der Waals surface area (Å²) in [5.74, 6) is 1.54. The van der Waals surface area contributed by atoms with Gasteiger partial charge in [0.1, 0.15) is 0 Å². The minimum atomic E-state index is 0.639. The van der Waals surface area contributed by atoms with Crippen molar-refractivity contribution in [2.75, 3.05) is 20.3 Å². The summed E-state index contributed by atoms with van der Waals surface area (Å²) < 4.78 is 5.10. The summed E-state index contributed by atoms with van der Waals surface area (Å²) in [5, 5.41) is 3.46. The molecule has 2 heteroatoms. The van der Waals surface area contributed by atoms with E-state index in [1.807, 2.05) is 0 Å². The Morgan fingerprint density at radius 2 is 1.79 bits per heavy atom. The van der Waals surface area contributed by atoms with Crippen LogP contribution in [0.5, 0.6) is 0 Å². The van der Waals surface area contributed by atoms with E-state index in [9.17, 15) is 0 Å². The number of methoxy groups -OCH3 is 1. The first kappa shape index (κ1) is 13.9. The van der Waals surface area contributed by atoms with E-state index in [-0.39, 0.29) is 0 Å². The maximum Gasteiger partial charge on any atom is 0.0464 e. The summed E-state index contributed by atoms with van der Waals surface area (Å²) in [6, 6.07) is 0.639. The van der Waals surface area contributed by atoms with Crippen molar-refractivity contribution in [1.82, 2.24) is 5.32 Å². The second kappa shape index (κ2) is 8.25. The largest absolute Gasteiger partial charge is 0.385 e. The van der Waals surface area contributed by atoms with E-state index in [0.29, 0.717) is 6.04 Å². The van der Waals surface area contributed by atoms with Gasteiger partial charge in [-0.15, -0.1) is 0 Å². The van der Waals surface area contributed by atoms with Crippen LogP contribution in [0.25, 0.3) is 0 Å². The monoisotopic (exact) mass is 201 g/mol. The van der Waals surface area contributed by atoms with Gasteiger partial charge in [0.15, 0.2) is 0 Å². The second-order valence-electron chi connectivity index (χ2n) is 4.43. The van der Waals surface area contributed by atoms with Crippen molar-refractivity contribution in [1.29, 1.82) is 0 Å². The molecular formula is C12H27NO. The van der Waals surface area contributed by atoms with Gasteiger partial charge in [-0.3, -0.25) is 0 Å². The fourth-order valence-electron chi connectivity index (χ4n) is 1.81. The Kier molecular flexibility index (Phi) is 8.20. The van der Waals surface area contributed by atoms with Gasteiger partial charge in [0.05, 0.1) is 0 Å². The van der Waals surface area contributed by atoms with Gasteiger partial charge in [0, 0.05) is 19.8 Å². The first-order valence-electron chi connectivity index (χ1n) is 5.84. The third-order valence-corrected chi connectivity index (χ3v) is 3.03. The van der Waals surface area contributed by atoms with Crippen molar-refractivity contribution in [3.05, 3.63) is 0 Å². The zero-order valence-corrected chi connectivity index (χ0v) is 10.5. The van der Waals surface area contributed by atoms with Crippen molar-refractivity contribution in [2.24, 2.45) is 11.8 Å². The Morgan fingerprint density at radius 3 is 2.29 bits per heavy atom. The first-order chi connectivity index (χ1) is 6.61. The molecule has 0 heterocycles. The van der Waals surface area contributed by atoms with E-state index >= 15 is 0 Å². The highest BCUT2D eigenvalue weighted by Gasteiger charge is 2.14. The molecule has 0 spiro atoms. The highest BCUT2D eigenvalue weighted by atomic mass is 16.5. The van der Waals surface area contributed by atoms with Crippen LogP contribution in [-0.4, -0.2) is 26.3 Å². The van der Waals surface area contributed by atoms with E-state index < -0.39 is 0 Å². The van der Waals surface area contributed by atoms with Gasteiger partial charge in [-0.05, 0) is 38.1 Å². The molecule has 0 saturated carbocycles. The van der Waals surface area contributed by atoms with Gasteiger partial charge in [-0.25, -0.2) is 0 Å². The van der Waals surface area contributed by atoms with Crippen LogP contribution in [0.3, 0.4) is 0 Å². The Morgan fingerprint density at radius 1 is 1.14 bits per heavy atom. The van der Waals surface area contributed by atoms with E-state index in [0.717, 1.165) is 25.0 Å². The molecule has 0 amide bonds. The molecule has 0 saturated heterocycles. The summed E-state index contributed by atoms with van der Waals surface area (Å²) in [7, 11) is 1.78. The summed E-state index contributed by atoms with van der Waals surface area (Å²) in [6.45, 7) is 11.1. The molecule has 86 valence electrons. The predicted octanol–water partition coefficient (Wildman–Crippen LogP) is 2.68. The molecule has 0 rings (SSSR count). The minimum Gasteiger partial charge on any atom is -0.385 e. The fraction of sp³-hybridized carbons (Fsp3) is 1.00. The van der Waals surface area contributed by atoms with Gasteiger partial charge in [0.2, 0.25) is 0 Å². The number of hydrogen-bond donors (Lipinski definition) is 1. The lowest BCUT2D eigenvalue weighted by atomic mass is 9.88. The normalized spacial score (nSPS) is 17.8. The van der Waals surface area contributed by atoms with Crippen molar-refractivity contribution in [3.8, 4) is 0 Å². The van der Waals surface area contributed by atoms with Crippen LogP contribution >= 0.6 is 0 Å². The molecule has 0 aromatic rings. The third-order valence-electron chi connectivity index (χ3n) is 3.03. The quantitative estimate of drug-likeness (QED) is 0.652. The van der Waals surface area contributed by atoms with Gasteiger partial charge >= 0.3 is 0 Å². The molecule has 2 nitrogen and oxygen atoms in total. The van der Waals surface area contributed by atoms with Crippen LogP contribution in [-0.2, 0) is 4.74 Å². The van der Waals surface area contributed by atoms with E-state index in [2.05, 4.69) is 33.0 Å².